The highest BCUT2D eigenvalue weighted by Gasteiger charge is 2.02. The van der Waals surface area contributed by atoms with Gasteiger partial charge in [-0.1, -0.05) is 30.3 Å². The molecule has 0 aliphatic rings. The first-order chi connectivity index (χ1) is 7.84. The molecule has 1 heterocycles. The molecule has 2 nitrogen and oxygen atoms in total. The normalized spacial score (nSPS) is 12.6. The molecule has 0 bridgehead atoms. The molecule has 1 unspecified atom stereocenters. The number of H-pyrrole nitrogens is 1. The van der Waals surface area contributed by atoms with Crippen LogP contribution in [0.15, 0.2) is 48.8 Å². The van der Waals surface area contributed by atoms with Gasteiger partial charge in [0.25, 0.3) is 0 Å². The van der Waals surface area contributed by atoms with Crippen LogP contribution in [0.5, 0.6) is 0 Å². The fraction of sp³-hybridized carbons (Fsp3) is 0.286. The van der Waals surface area contributed by atoms with E-state index in [9.17, 15) is 0 Å². The lowest BCUT2D eigenvalue weighted by molar-refractivity contribution is 0.546. The minimum atomic E-state index is 0.497. The zero-order valence-electron chi connectivity index (χ0n) is 9.61. The molecule has 0 saturated heterocycles. The fourth-order valence-corrected chi connectivity index (χ4v) is 1.80. The third kappa shape index (κ3) is 3.24. The number of aromatic nitrogens is 1. The van der Waals surface area contributed by atoms with E-state index in [1.165, 1.54) is 11.1 Å². The summed E-state index contributed by atoms with van der Waals surface area (Å²) in [6, 6.07) is 13.2. The maximum absolute atomic E-state index is 3.51. The number of rotatable bonds is 5. The maximum Gasteiger partial charge on any atom is 0.0223 e. The lowest BCUT2D eigenvalue weighted by Gasteiger charge is -2.13. The van der Waals surface area contributed by atoms with Gasteiger partial charge in [-0.15, -0.1) is 0 Å². The number of aromatic amines is 1. The van der Waals surface area contributed by atoms with Crippen molar-refractivity contribution in [1.29, 1.82) is 0 Å². The van der Waals surface area contributed by atoms with E-state index in [0.717, 1.165) is 13.0 Å². The standard InChI is InChI=1S/C14H18N2/c1-12(9-13-5-3-2-4-6-13)16-11-14-7-8-15-10-14/h2-8,10,12,15-16H,9,11H2,1H3. The average molecular weight is 214 g/mol. The monoisotopic (exact) mass is 214 g/mol. The van der Waals surface area contributed by atoms with Crippen LogP contribution >= 0.6 is 0 Å². The summed E-state index contributed by atoms with van der Waals surface area (Å²) in [6.07, 6.45) is 5.06. The Morgan fingerprint density at radius 1 is 1.12 bits per heavy atom. The summed E-state index contributed by atoms with van der Waals surface area (Å²) in [4.78, 5) is 3.06. The Morgan fingerprint density at radius 3 is 2.62 bits per heavy atom. The van der Waals surface area contributed by atoms with Gasteiger partial charge in [-0.05, 0) is 30.5 Å². The average Bonchev–Trinajstić information content (AvgIpc) is 2.81. The lowest BCUT2D eigenvalue weighted by Crippen LogP contribution is -2.27. The molecule has 0 aliphatic carbocycles. The van der Waals surface area contributed by atoms with Crippen molar-refractivity contribution in [3.63, 3.8) is 0 Å². The van der Waals surface area contributed by atoms with Gasteiger partial charge in [0.15, 0.2) is 0 Å². The Kier molecular flexibility index (Phi) is 3.78. The number of hydrogen-bond acceptors (Lipinski definition) is 1. The molecule has 1 aromatic carbocycles. The van der Waals surface area contributed by atoms with E-state index in [4.69, 9.17) is 0 Å². The zero-order chi connectivity index (χ0) is 11.2. The van der Waals surface area contributed by atoms with E-state index in [0.29, 0.717) is 6.04 Å². The van der Waals surface area contributed by atoms with E-state index < -0.39 is 0 Å². The van der Waals surface area contributed by atoms with Crippen LogP contribution in [0.4, 0.5) is 0 Å². The molecule has 2 aromatic rings. The van der Waals surface area contributed by atoms with Crippen molar-refractivity contribution in [2.45, 2.75) is 25.9 Å². The van der Waals surface area contributed by atoms with Gasteiger partial charge >= 0.3 is 0 Å². The predicted molar refractivity (Wildman–Crippen MR) is 67.2 cm³/mol. The molecule has 0 aliphatic heterocycles. The van der Waals surface area contributed by atoms with Crippen molar-refractivity contribution < 1.29 is 0 Å². The van der Waals surface area contributed by atoms with E-state index in [-0.39, 0.29) is 0 Å². The molecule has 0 fully saturated rings. The molecule has 2 heteroatoms. The summed E-state index contributed by atoms with van der Waals surface area (Å²) >= 11 is 0. The first kappa shape index (κ1) is 11.0. The zero-order valence-corrected chi connectivity index (χ0v) is 9.61. The molecule has 2 N–H and O–H groups in total. The Morgan fingerprint density at radius 2 is 1.94 bits per heavy atom. The summed E-state index contributed by atoms with van der Waals surface area (Å²) in [5.41, 5.74) is 2.69. The van der Waals surface area contributed by atoms with Crippen molar-refractivity contribution in [3.05, 3.63) is 59.9 Å². The summed E-state index contributed by atoms with van der Waals surface area (Å²) in [5.74, 6) is 0. The second kappa shape index (κ2) is 5.52. The Bertz CT molecular complexity index is 392. The second-order valence-electron chi connectivity index (χ2n) is 4.19. The topological polar surface area (TPSA) is 27.8 Å². The van der Waals surface area contributed by atoms with E-state index in [1.54, 1.807) is 0 Å². The molecule has 16 heavy (non-hydrogen) atoms. The van der Waals surface area contributed by atoms with Gasteiger partial charge in [-0.2, -0.15) is 0 Å². The third-order valence-electron chi connectivity index (χ3n) is 2.70. The Labute approximate surface area is 96.7 Å². The fourth-order valence-electron chi connectivity index (χ4n) is 1.80. The van der Waals surface area contributed by atoms with Crippen LogP contribution < -0.4 is 5.32 Å². The van der Waals surface area contributed by atoms with Crippen LogP contribution in [0, 0.1) is 0 Å². The minimum absolute atomic E-state index is 0.497. The molecule has 0 radical (unpaired) electrons. The Balaban J connectivity index is 1.78. The molecule has 0 amide bonds. The van der Waals surface area contributed by atoms with Gasteiger partial charge in [0.05, 0.1) is 0 Å². The van der Waals surface area contributed by atoms with Crippen LogP contribution in [0.25, 0.3) is 0 Å². The van der Waals surface area contributed by atoms with Crippen LogP contribution in [-0.4, -0.2) is 11.0 Å². The summed E-state index contributed by atoms with van der Waals surface area (Å²) in [5, 5.41) is 3.51. The summed E-state index contributed by atoms with van der Waals surface area (Å²) in [6.45, 7) is 3.15. The van der Waals surface area contributed by atoms with Crippen LogP contribution in [0.2, 0.25) is 0 Å². The van der Waals surface area contributed by atoms with Gasteiger partial charge in [0.1, 0.15) is 0 Å². The van der Waals surface area contributed by atoms with E-state index in [2.05, 4.69) is 53.6 Å². The highest BCUT2D eigenvalue weighted by molar-refractivity contribution is 5.16. The molecule has 1 atom stereocenters. The van der Waals surface area contributed by atoms with Crippen molar-refractivity contribution in [1.82, 2.24) is 10.3 Å². The maximum atomic E-state index is 3.51. The van der Waals surface area contributed by atoms with Gasteiger partial charge < -0.3 is 10.3 Å². The predicted octanol–water partition coefficient (Wildman–Crippen LogP) is 2.74. The lowest BCUT2D eigenvalue weighted by atomic mass is 10.1. The van der Waals surface area contributed by atoms with Gasteiger partial charge in [0, 0.05) is 25.0 Å². The minimum Gasteiger partial charge on any atom is -0.367 e. The highest BCUT2D eigenvalue weighted by Crippen LogP contribution is 2.04. The molecular weight excluding hydrogens is 196 g/mol. The van der Waals surface area contributed by atoms with Crippen LogP contribution in [-0.2, 0) is 13.0 Å². The van der Waals surface area contributed by atoms with Crippen LogP contribution in [0.3, 0.4) is 0 Å². The molecule has 0 saturated carbocycles. The molecule has 1 aromatic heterocycles. The summed E-state index contributed by atoms with van der Waals surface area (Å²) < 4.78 is 0. The second-order valence-corrected chi connectivity index (χ2v) is 4.19. The molecule has 2 rings (SSSR count). The van der Waals surface area contributed by atoms with E-state index >= 15 is 0 Å². The van der Waals surface area contributed by atoms with Crippen molar-refractivity contribution in [2.75, 3.05) is 0 Å². The highest BCUT2D eigenvalue weighted by atomic mass is 14.9. The first-order valence-electron chi connectivity index (χ1n) is 5.73. The number of benzene rings is 1. The largest absolute Gasteiger partial charge is 0.367 e. The van der Waals surface area contributed by atoms with Gasteiger partial charge in [-0.3, -0.25) is 0 Å². The number of nitrogens with one attached hydrogen (secondary N) is 2. The third-order valence-corrected chi connectivity index (χ3v) is 2.70. The molecule has 0 spiro atoms. The van der Waals surface area contributed by atoms with Crippen molar-refractivity contribution in [2.24, 2.45) is 0 Å². The van der Waals surface area contributed by atoms with Crippen LogP contribution in [0.1, 0.15) is 18.1 Å². The van der Waals surface area contributed by atoms with Crippen molar-refractivity contribution >= 4 is 0 Å². The van der Waals surface area contributed by atoms with Gasteiger partial charge in [0.2, 0.25) is 0 Å². The number of hydrogen-bond donors (Lipinski definition) is 2. The van der Waals surface area contributed by atoms with E-state index in [1.807, 2.05) is 12.4 Å². The molecule has 84 valence electrons. The SMILES string of the molecule is CC(Cc1ccccc1)NCc1cc[nH]c1. The van der Waals surface area contributed by atoms with Crippen molar-refractivity contribution in [3.8, 4) is 0 Å². The quantitative estimate of drug-likeness (QED) is 0.787. The first-order valence-corrected chi connectivity index (χ1v) is 5.73. The Hall–Kier alpha value is -1.54. The summed E-state index contributed by atoms with van der Waals surface area (Å²) in [7, 11) is 0. The molecular formula is C14H18N2. The van der Waals surface area contributed by atoms with Gasteiger partial charge in [-0.25, -0.2) is 0 Å². The smallest absolute Gasteiger partial charge is 0.0223 e.